The maximum absolute atomic E-state index is 13.3. The molecular formula is C16H18FN3O. The number of nitrogens with one attached hydrogen (secondary N) is 1. The van der Waals surface area contributed by atoms with E-state index in [2.05, 4.69) is 10.3 Å². The first-order valence-electron chi connectivity index (χ1n) is 6.60. The lowest BCUT2D eigenvalue weighted by molar-refractivity contribution is 0.275. The first-order chi connectivity index (χ1) is 10.1. The number of aliphatic imine (C=N–C) groups is 1. The Morgan fingerprint density at radius 2 is 1.95 bits per heavy atom. The highest BCUT2D eigenvalue weighted by Crippen LogP contribution is 2.12. The monoisotopic (exact) mass is 287 g/mol. The highest BCUT2D eigenvalue weighted by atomic mass is 19.1. The van der Waals surface area contributed by atoms with Crippen LogP contribution in [0.4, 0.5) is 10.1 Å². The van der Waals surface area contributed by atoms with Crippen LogP contribution in [0.5, 0.6) is 0 Å². The Hall–Kier alpha value is -2.40. The van der Waals surface area contributed by atoms with Crippen LogP contribution in [0.2, 0.25) is 0 Å². The lowest BCUT2D eigenvalue weighted by atomic mass is 10.1. The summed E-state index contributed by atoms with van der Waals surface area (Å²) in [5.41, 5.74) is 8.87. The van der Waals surface area contributed by atoms with Gasteiger partial charge in [-0.3, -0.25) is 0 Å². The second kappa shape index (κ2) is 6.85. The van der Waals surface area contributed by atoms with Crippen molar-refractivity contribution in [1.29, 1.82) is 0 Å². The molecule has 0 saturated carbocycles. The molecule has 0 heterocycles. The summed E-state index contributed by atoms with van der Waals surface area (Å²) >= 11 is 0. The third kappa shape index (κ3) is 4.29. The molecule has 0 aliphatic rings. The lowest BCUT2D eigenvalue weighted by Crippen LogP contribution is -2.22. The normalized spacial score (nSPS) is 11.5. The molecule has 0 aliphatic heterocycles. The minimum atomic E-state index is -0.420. The molecule has 5 heteroatoms. The minimum absolute atomic E-state index is 0.257. The molecule has 110 valence electrons. The molecule has 4 nitrogen and oxygen atoms in total. The summed E-state index contributed by atoms with van der Waals surface area (Å²) in [6.45, 7) is 1.99. The summed E-state index contributed by atoms with van der Waals surface area (Å²) in [4.78, 5) is 4.20. The molecule has 0 saturated heterocycles. The number of aliphatic hydroxyl groups is 1. The number of rotatable bonds is 4. The number of nitrogens with zero attached hydrogens (tertiary/aromatic N) is 1. The van der Waals surface area contributed by atoms with E-state index < -0.39 is 5.82 Å². The Bertz CT molecular complexity index is 638. The molecule has 4 N–H and O–H groups in total. The maximum Gasteiger partial charge on any atom is 0.193 e. The Labute approximate surface area is 123 Å². The van der Waals surface area contributed by atoms with Crippen molar-refractivity contribution in [2.75, 3.05) is 5.32 Å². The van der Waals surface area contributed by atoms with E-state index in [1.165, 1.54) is 11.6 Å². The second-order valence-electron chi connectivity index (χ2n) is 4.78. The zero-order valence-corrected chi connectivity index (χ0v) is 11.8. The van der Waals surface area contributed by atoms with Crippen LogP contribution >= 0.6 is 0 Å². The van der Waals surface area contributed by atoms with E-state index in [1.54, 1.807) is 12.1 Å². The van der Waals surface area contributed by atoms with Crippen LogP contribution in [0.3, 0.4) is 0 Å². The van der Waals surface area contributed by atoms with Crippen molar-refractivity contribution in [2.24, 2.45) is 10.7 Å². The van der Waals surface area contributed by atoms with Gasteiger partial charge in [0.2, 0.25) is 0 Å². The molecular weight excluding hydrogens is 269 g/mol. The van der Waals surface area contributed by atoms with Crippen molar-refractivity contribution in [3.05, 3.63) is 65.0 Å². The smallest absolute Gasteiger partial charge is 0.193 e. The minimum Gasteiger partial charge on any atom is -0.392 e. The Morgan fingerprint density at radius 1 is 1.24 bits per heavy atom. The molecule has 0 aromatic heterocycles. The van der Waals surface area contributed by atoms with Crippen molar-refractivity contribution < 1.29 is 9.50 Å². The van der Waals surface area contributed by atoms with Gasteiger partial charge in [-0.1, -0.05) is 23.8 Å². The molecule has 0 aliphatic carbocycles. The van der Waals surface area contributed by atoms with Crippen LogP contribution in [-0.2, 0) is 13.2 Å². The van der Waals surface area contributed by atoms with Gasteiger partial charge >= 0.3 is 0 Å². The highest BCUT2D eigenvalue weighted by molar-refractivity contribution is 5.92. The third-order valence-corrected chi connectivity index (χ3v) is 3.04. The highest BCUT2D eigenvalue weighted by Gasteiger charge is 2.02. The zero-order valence-electron chi connectivity index (χ0n) is 11.8. The lowest BCUT2D eigenvalue weighted by Gasteiger charge is -2.06. The topological polar surface area (TPSA) is 70.6 Å². The average Bonchev–Trinajstić information content (AvgIpc) is 2.49. The predicted molar refractivity (Wildman–Crippen MR) is 82.5 cm³/mol. The van der Waals surface area contributed by atoms with E-state index in [0.717, 1.165) is 11.3 Å². The molecule has 2 rings (SSSR count). The van der Waals surface area contributed by atoms with Gasteiger partial charge in [0, 0.05) is 11.3 Å². The molecule has 0 spiro atoms. The van der Waals surface area contributed by atoms with E-state index in [4.69, 9.17) is 10.8 Å². The molecule has 2 aromatic rings. The fourth-order valence-electron chi connectivity index (χ4n) is 1.85. The Morgan fingerprint density at radius 3 is 2.62 bits per heavy atom. The fourth-order valence-corrected chi connectivity index (χ4v) is 1.85. The van der Waals surface area contributed by atoms with Gasteiger partial charge < -0.3 is 16.2 Å². The largest absolute Gasteiger partial charge is 0.392 e. The summed E-state index contributed by atoms with van der Waals surface area (Å²) in [6.07, 6.45) is 0. The third-order valence-electron chi connectivity index (χ3n) is 3.04. The van der Waals surface area contributed by atoms with Crippen molar-refractivity contribution in [2.45, 2.75) is 20.1 Å². The number of anilines is 1. The average molecular weight is 287 g/mol. The van der Waals surface area contributed by atoms with Gasteiger partial charge in [0.1, 0.15) is 5.82 Å². The summed E-state index contributed by atoms with van der Waals surface area (Å²) in [5, 5.41) is 12.0. The van der Waals surface area contributed by atoms with Crippen LogP contribution in [0.1, 0.15) is 16.7 Å². The van der Waals surface area contributed by atoms with E-state index in [1.807, 2.05) is 31.2 Å². The first-order valence-corrected chi connectivity index (χ1v) is 6.60. The van der Waals surface area contributed by atoms with E-state index >= 15 is 0 Å². The van der Waals surface area contributed by atoms with Gasteiger partial charge in [0.25, 0.3) is 0 Å². The number of guanidine groups is 1. The van der Waals surface area contributed by atoms with E-state index in [0.29, 0.717) is 6.54 Å². The summed E-state index contributed by atoms with van der Waals surface area (Å²) in [6, 6.07) is 12.3. The van der Waals surface area contributed by atoms with Gasteiger partial charge in [-0.2, -0.15) is 0 Å². The standard InChI is InChI=1S/C16H18FN3O/c1-11-2-5-14(6-3-11)20-16(18)19-9-12-4-7-15(17)13(8-12)10-21/h2-8,21H,9-10H2,1H3,(H3,18,19,20). The molecule has 21 heavy (non-hydrogen) atoms. The number of nitrogens with two attached hydrogens (primary N) is 1. The summed E-state index contributed by atoms with van der Waals surface area (Å²) in [5.74, 6) is -0.135. The predicted octanol–water partition coefficient (Wildman–Crippen LogP) is 2.55. The number of aryl methyl sites for hydroxylation is 1. The number of benzene rings is 2. The Kier molecular flexibility index (Phi) is 4.90. The molecule has 0 atom stereocenters. The van der Waals surface area contributed by atoms with Crippen molar-refractivity contribution in [1.82, 2.24) is 0 Å². The van der Waals surface area contributed by atoms with Crippen LogP contribution in [0, 0.1) is 12.7 Å². The Balaban J connectivity index is 2.01. The van der Waals surface area contributed by atoms with Crippen LogP contribution in [0.25, 0.3) is 0 Å². The molecule has 0 amide bonds. The number of hydrogen-bond donors (Lipinski definition) is 3. The van der Waals surface area contributed by atoms with Crippen LogP contribution < -0.4 is 11.1 Å². The molecule has 2 aromatic carbocycles. The summed E-state index contributed by atoms with van der Waals surface area (Å²) in [7, 11) is 0. The molecule has 0 bridgehead atoms. The fraction of sp³-hybridized carbons (Fsp3) is 0.188. The molecule has 0 fully saturated rings. The van der Waals surface area contributed by atoms with Crippen molar-refractivity contribution >= 4 is 11.6 Å². The first kappa shape index (κ1) is 15.0. The second-order valence-corrected chi connectivity index (χ2v) is 4.78. The SMILES string of the molecule is Cc1ccc(NC(N)=NCc2ccc(F)c(CO)c2)cc1. The van der Waals surface area contributed by atoms with E-state index in [-0.39, 0.29) is 18.1 Å². The molecule has 0 unspecified atom stereocenters. The van der Waals surface area contributed by atoms with Gasteiger partial charge in [-0.05, 0) is 36.8 Å². The van der Waals surface area contributed by atoms with Crippen LogP contribution in [-0.4, -0.2) is 11.1 Å². The van der Waals surface area contributed by atoms with Gasteiger partial charge in [0.15, 0.2) is 5.96 Å². The van der Waals surface area contributed by atoms with Crippen molar-refractivity contribution in [3.63, 3.8) is 0 Å². The van der Waals surface area contributed by atoms with Gasteiger partial charge in [-0.15, -0.1) is 0 Å². The quantitative estimate of drug-likeness (QED) is 0.598. The number of hydrogen-bond acceptors (Lipinski definition) is 2. The van der Waals surface area contributed by atoms with Crippen LogP contribution in [0.15, 0.2) is 47.5 Å². The number of halogens is 1. The zero-order chi connectivity index (χ0) is 15.2. The van der Waals surface area contributed by atoms with Gasteiger partial charge in [0.05, 0.1) is 13.2 Å². The van der Waals surface area contributed by atoms with E-state index in [9.17, 15) is 4.39 Å². The maximum atomic E-state index is 13.3. The van der Waals surface area contributed by atoms with Crippen molar-refractivity contribution in [3.8, 4) is 0 Å². The summed E-state index contributed by atoms with van der Waals surface area (Å²) < 4.78 is 13.3. The van der Waals surface area contributed by atoms with Gasteiger partial charge in [-0.25, -0.2) is 9.38 Å². The molecule has 0 radical (unpaired) electrons. The number of aliphatic hydroxyl groups excluding tert-OH is 1.